The number of hydrogen-bond acceptors (Lipinski definition) is 7. The van der Waals surface area contributed by atoms with Gasteiger partial charge in [-0.15, -0.1) is 0 Å². The Labute approximate surface area is 187 Å². The first-order valence-electron chi connectivity index (χ1n) is 11.7. The molecule has 31 heavy (non-hydrogen) atoms. The van der Waals surface area contributed by atoms with Crippen molar-refractivity contribution in [1.82, 2.24) is 0 Å². The molecular formula is C23H39O7P. The highest BCUT2D eigenvalue weighted by Gasteiger charge is 2.31. The number of rotatable bonds is 17. The largest absolute Gasteiger partial charge is 0.490 e. The van der Waals surface area contributed by atoms with Crippen molar-refractivity contribution >= 4 is 7.82 Å². The summed E-state index contributed by atoms with van der Waals surface area (Å²) in [6.45, 7) is 9.25. The Morgan fingerprint density at radius 1 is 0.774 bits per heavy atom. The Balaban J connectivity index is 2.09. The van der Waals surface area contributed by atoms with Gasteiger partial charge in [0.05, 0.1) is 39.6 Å². The van der Waals surface area contributed by atoms with Crippen molar-refractivity contribution in [3.63, 3.8) is 0 Å². The van der Waals surface area contributed by atoms with E-state index >= 15 is 0 Å². The Kier molecular flexibility index (Phi) is 12.3. The normalized spacial score (nSPS) is 15.2. The summed E-state index contributed by atoms with van der Waals surface area (Å²) in [5.41, 5.74) is 1.07. The zero-order valence-corrected chi connectivity index (χ0v) is 20.3. The number of phosphoric acid groups is 1. The molecule has 0 spiro atoms. The summed E-state index contributed by atoms with van der Waals surface area (Å²) in [6, 6.07) is 4.04. The Morgan fingerprint density at radius 2 is 1.29 bits per heavy atom. The van der Waals surface area contributed by atoms with E-state index in [-0.39, 0.29) is 0 Å². The van der Waals surface area contributed by atoms with Crippen LogP contribution in [0.25, 0.3) is 0 Å². The second-order valence-corrected chi connectivity index (χ2v) is 9.25. The predicted molar refractivity (Wildman–Crippen MR) is 121 cm³/mol. The van der Waals surface area contributed by atoms with E-state index in [0.29, 0.717) is 51.8 Å². The smallest absolute Gasteiger partial charge is 0.474 e. The molecule has 2 rings (SSSR count). The van der Waals surface area contributed by atoms with Crippen LogP contribution in [0.2, 0.25) is 0 Å². The van der Waals surface area contributed by atoms with Crippen LogP contribution in [0.15, 0.2) is 12.1 Å². The van der Waals surface area contributed by atoms with E-state index < -0.39 is 7.82 Å². The minimum atomic E-state index is -3.34. The maximum absolute atomic E-state index is 12.1. The van der Waals surface area contributed by atoms with Crippen LogP contribution in [0.1, 0.15) is 71.3 Å². The van der Waals surface area contributed by atoms with Crippen molar-refractivity contribution in [1.29, 1.82) is 0 Å². The molecule has 1 fully saturated rings. The average molecular weight is 459 g/mol. The lowest BCUT2D eigenvalue weighted by Crippen LogP contribution is -2.07. The van der Waals surface area contributed by atoms with E-state index in [4.69, 9.17) is 27.8 Å². The summed E-state index contributed by atoms with van der Waals surface area (Å²) < 4.78 is 45.8. The van der Waals surface area contributed by atoms with E-state index in [9.17, 15) is 4.57 Å². The van der Waals surface area contributed by atoms with Gasteiger partial charge in [-0.05, 0) is 49.8 Å². The molecule has 0 radical (unpaired) electrons. The van der Waals surface area contributed by atoms with Crippen molar-refractivity contribution < 1.29 is 32.3 Å². The molecule has 1 aliphatic heterocycles. The summed E-state index contributed by atoms with van der Waals surface area (Å²) in [5, 5.41) is 0. The zero-order valence-electron chi connectivity index (χ0n) is 19.4. The maximum Gasteiger partial charge on any atom is 0.474 e. The van der Waals surface area contributed by atoms with Gasteiger partial charge in [0.25, 0.3) is 0 Å². The standard InChI is InChI=1S/C23H39O7P/c1-4-7-12-25-21-18-20(11-10-15-28-31(24)29-16-17-30-31)19-22(26-13-8-5-2)23(21)27-14-9-6-3/h18-19H,4-17H2,1-3H3. The van der Waals surface area contributed by atoms with Gasteiger partial charge >= 0.3 is 7.82 Å². The molecule has 0 atom stereocenters. The summed E-state index contributed by atoms with van der Waals surface area (Å²) >= 11 is 0. The third-order valence-corrected chi connectivity index (χ3v) is 6.27. The molecule has 8 heteroatoms. The molecule has 1 aliphatic rings. The molecule has 0 bridgehead atoms. The summed E-state index contributed by atoms with van der Waals surface area (Å²) in [7, 11) is -3.34. The first-order valence-corrected chi connectivity index (χ1v) is 13.2. The first kappa shape index (κ1) is 26.0. The molecule has 0 aliphatic carbocycles. The molecule has 1 heterocycles. The second-order valence-electron chi connectivity index (χ2n) is 7.58. The maximum atomic E-state index is 12.1. The van der Waals surface area contributed by atoms with Gasteiger partial charge in [-0.1, -0.05) is 40.0 Å². The fraction of sp³-hybridized carbons (Fsp3) is 0.739. The Hall–Kier alpha value is -1.27. The minimum absolute atomic E-state index is 0.296. The van der Waals surface area contributed by atoms with Crippen molar-refractivity contribution in [3.05, 3.63) is 17.7 Å². The molecule has 0 amide bonds. The topological polar surface area (TPSA) is 72.5 Å². The van der Waals surface area contributed by atoms with Gasteiger partial charge in [-0.3, -0.25) is 13.6 Å². The third kappa shape index (κ3) is 9.40. The molecule has 0 saturated carbocycles. The van der Waals surface area contributed by atoms with E-state index in [1.54, 1.807) is 0 Å². The van der Waals surface area contributed by atoms with E-state index in [1.165, 1.54) is 0 Å². The molecule has 0 unspecified atom stereocenters. The van der Waals surface area contributed by atoms with Gasteiger partial charge in [-0.2, -0.15) is 0 Å². The lowest BCUT2D eigenvalue weighted by molar-refractivity contribution is 0.188. The van der Waals surface area contributed by atoms with Crippen LogP contribution in [0.5, 0.6) is 17.2 Å². The lowest BCUT2D eigenvalue weighted by Gasteiger charge is -2.19. The Morgan fingerprint density at radius 3 is 1.81 bits per heavy atom. The highest BCUT2D eigenvalue weighted by atomic mass is 31.2. The average Bonchev–Trinajstić information content (AvgIpc) is 3.20. The fourth-order valence-corrected chi connectivity index (χ4v) is 4.14. The molecule has 0 aromatic heterocycles. The van der Waals surface area contributed by atoms with Gasteiger partial charge in [0.1, 0.15) is 0 Å². The van der Waals surface area contributed by atoms with Crippen LogP contribution in [0.3, 0.4) is 0 Å². The van der Waals surface area contributed by atoms with Crippen molar-refractivity contribution in [2.45, 2.75) is 72.1 Å². The minimum Gasteiger partial charge on any atom is -0.490 e. The number of benzene rings is 1. The summed E-state index contributed by atoms with van der Waals surface area (Å²) in [6.07, 6.45) is 7.53. The Bertz CT molecular complexity index is 639. The molecule has 1 aromatic rings. The van der Waals surface area contributed by atoms with Crippen LogP contribution in [-0.2, 0) is 24.6 Å². The molecule has 0 N–H and O–H groups in total. The molecule has 178 valence electrons. The highest BCUT2D eigenvalue weighted by Crippen LogP contribution is 2.52. The van der Waals surface area contributed by atoms with Crippen LogP contribution in [0, 0.1) is 0 Å². The van der Waals surface area contributed by atoms with Gasteiger partial charge in [0.15, 0.2) is 11.5 Å². The van der Waals surface area contributed by atoms with Gasteiger partial charge in [0, 0.05) is 0 Å². The molecule has 1 aromatic carbocycles. The van der Waals surface area contributed by atoms with E-state index in [1.807, 2.05) is 12.1 Å². The third-order valence-electron chi connectivity index (χ3n) is 4.78. The number of hydrogen-bond donors (Lipinski definition) is 0. The van der Waals surface area contributed by atoms with Crippen molar-refractivity contribution in [2.75, 3.05) is 39.6 Å². The molecule has 7 nitrogen and oxygen atoms in total. The number of ether oxygens (including phenoxy) is 3. The summed E-state index contributed by atoms with van der Waals surface area (Å²) in [5.74, 6) is 2.15. The molecule has 1 saturated heterocycles. The van der Waals surface area contributed by atoms with Crippen molar-refractivity contribution in [3.8, 4) is 17.2 Å². The highest BCUT2D eigenvalue weighted by molar-refractivity contribution is 7.48. The van der Waals surface area contributed by atoms with Gasteiger partial charge in [-0.25, -0.2) is 4.57 Å². The van der Waals surface area contributed by atoms with E-state index in [2.05, 4.69) is 20.8 Å². The second kappa shape index (κ2) is 14.7. The van der Waals surface area contributed by atoms with Crippen LogP contribution in [0.4, 0.5) is 0 Å². The first-order chi connectivity index (χ1) is 15.1. The van der Waals surface area contributed by atoms with Gasteiger partial charge in [0.2, 0.25) is 5.75 Å². The number of unbranched alkanes of at least 4 members (excludes halogenated alkanes) is 3. The van der Waals surface area contributed by atoms with Crippen LogP contribution < -0.4 is 14.2 Å². The van der Waals surface area contributed by atoms with E-state index in [0.717, 1.165) is 62.0 Å². The fourth-order valence-electron chi connectivity index (χ4n) is 2.97. The number of aryl methyl sites for hydroxylation is 1. The quantitative estimate of drug-likeness (QED) is 0.200. The molecular weight excluding hydrogens is 419 g/mol. The zero-order chi connectivity index (χ0) is 22.4. The van der Waals surface area contributed by atoms with Crippen molar-refractivity contribution in [2.24, 2.45) is 0 Å². The SMILES string of the molecule is CCCCOc1cc(CCCOP2(=O)OCCO2)cc(OCCCC)c1OCCCC. The van der Waals surface area contributed by atoms with Crippen LogP contribution in [-0.4, -0.2) is 39.6 Å². The van der Waals surface area contributed by atoms with Gasteiger partial charge < -0.3 is 14.2 Å². The predicted octanol–water partition coefficient (Wildman–Crippen LogP) is 6.33. The lowest BCUT2D eigenvalue weighted by atomic mass is 10.1. The number of phosphoric ester groups is 1. The van der Waals surface area contributed by atoms with Crippen LogP contribution >= 0.6 is 7.82 Å². The monoisotopic (exact) mass is 458 g/mol. The summed E-state index contributed by atoms with van der Waals surface area (Å²) in [4.78, 5) is 0.